The van der Waals surface area contributed by atoms with Crippen LogP contribution in [0.2, 0.25) is 0 Å². The maximum atomic E-state index is 12.4. The van der Waals surface area contributed by atoms with E-state index < -0.39 is 0 Å². The van der Waals surface area contributed by atoms with Crippen LogP contribution >= 0.6 is 0 Å². The molecule has 0 amide bonds. The number of aryl methyl sites for hydroxylation is 2. The van der Waals surface area contributed by atoms with Gasteiger partial charge in [-0.2, -0.15) is 0 Å². The molecule has 2 aromatic heterocycles. The number of nitrogens with zero attached hydrogens (tertiary/aromatic N) is 4. The third-order valence-electron chi connectivity index (χ3n) is 4.95. The van der Waals surface area contributed by atoms with Crippen molar-refractivity contribution in [2.24, 2.45) is 7.05 Å². The molecule has 4 rings (SSSR count). The zero-order chi connectivity index (χ0) is 18.1. The maximum absolute atomic E-state index is 12.4. The van der Waals surface area contributed by atoms with Crippen molar-refractivity contribution in [1.82, 2.24) is 19.3 Å². The molecule has 1 aliphatic carbocycles. The summed E-state index contributed by atoms with van der Waals surface area (Å²) in [6, 6.07) is 11.4. The van der Waals surface area contributed by atoms with Crippen molar-refractivity contribution >= 4 is 5.82 Å². The Balaban J connectivity index is 1.62. The van der Waals surface area contributed by atoms with Gasteiger partial charge in [0.1, 0.15) is 11.6 Å². The highest BCUT2D eigenvalue weighted by Crippen LogP contribution is 2.25. The third-order valence-corrected chi connectivity index (χ3v) is 4.95. The zero-order valence-corrected chi connectivity index (χ0v) is 15.2. The molecule has 0 radical (unpaired) electrons. The summed E-state index contributed by atoms with van der Waals surface area (Å²) >= 11 is 0. The lowest BCUT2D eigenvalue weighted by Gasteiger charge is -2.19. The summed E-state index contributed by atoms with van der Waals surface area (Å²) in [7, 11) is 1.91. The van der Waals surface area contributed by atoms with Crippen LogP contribution in [0.5, 0.6) is 0 Å². The molecule has 0 unspecified atom stereocenters. The molecule has 134 valence electrons. The number of fused-ring (bicyclic) bond motifs is 1. The second-order valence-corrected chi connectivity index (χ2v) is 6.75. The SMILES string of the molecule is Cc1nc2c(c(NCc3cc(=O)n(-c4ccccc4)n3C)n1)CCCC2. The summed E-state index contributed by atoms with van der Waals surface area (Å²) in [6.45, 7) is 2.48. The molecular formula is C20H23N5O. The van der Waals surface area contributed by atoms with E-state index in [9.17, 15) is 4.79 Å². The fourth-order valence-corrected chi connectivity index (χ4v) is 3.65. The molecule has 0 aliphatic heterocycles. The lowest BCUT2D eigenvalue weighted by atomic mass is 9.96. The molecule has 0 bridgehead atoms. The molecule has 0 fully saturated rings. The smallest absolute Gasteiger partial charge is 0.271 e. The van der Waals surface area contributed by atoms with Gasteiger partial charge in [-0.1, -0.05) is 18.2 Å². The number of hydrogen-bond donors (Lipinski definition) is 1. The van der Waals surface area contributed by atoms with Gasteiger partial charge in [0, 0.05) is 24.4 Å². The van der Waals surface area contributed by atoms with Crippen LogP contribution in [0.3, 0.4) is 0 Å². The van der Waals surface area contributed by atoms with Gasteiger partial charge in [-0.25, -0.2) is 14.6 Å². The van der Waals surface area contributed by atoms with Crippen LogP contribution in [0.4, 0.5) is 5.82 Å². The zero-order valence-electron chi connectivity index (χ0n) is 15.2. The van der Waals surface area contributed by atoms with Gasteiger partial charge in [0.25, 0.3) is 5.56 Å². The first-order valence-corrected chi connectivity index (χ1v) is 9.07. The van der Waals surface area contributed by atoms with Crippen molar-refractivity contribution in [3.63, 3.8) is 0 Å². The highest BCUT2D eigenvalue weighted by molar-refractivity contribution is 5.48. The molecule has 0 spiro atoms. The summed E-state index contributed by atoms with van der Waals surface area (Å²) in [5.74, 6) is 1.70. The van der Waals surface area contributed by atoms with Gasteiger partial charge in [-0.15, -0.1) is 0 Å². The van der Waals surface area contributed by atoms with Crippen LogP contribution < -0.4 is 10.9 Å². The number of hydrogen-bond acceptors (Lipinski definition) is 4. The molecule has 2 heterocycles. The number of aromatic nitrogens is 4. The fraction of sp³-hybridized carbons (Fsp3) is 0.350. The molecule has 1 N–H and O–H groups in total. The molecule has 26 heavy (non-hydrogen) atoms. The van der Waals surface area contributed by atoms with Crippen LogP contribution in [0.25, 0.3) is 5.69 Å². The van der Waals surface area contributed by atoms with Gasteiger partial charge in [0.15, 0.2) is 0 Å². The van der Waals surface area contributed by atoms with Gasteiger partial charge in [0.05, 0.1) is 17.9 Å². The van der Waals surface area contributed by atoms with Gasteiger partial charge in [-0.05, 0) is 44.7 Å². The van der Waals surface area contributed by atoms with E-state index in [1.807, 2.05) is 49.0 Å². The first kappa shape index (κ1) is 16.6. The molecule has 3 aromatic rings. The number of benzene rings is 1. The highest BCUT2D eigenvalue weighted by Gasteiger charge is 2.17. The normalized spacial score (nSPS) is 13.5. The Hall–Kier alpha value is -2.89. The Morgan fingerprint density at radius 2 is 1.88 bits per heavy atom. The Morgan fingerprint density at radius 3 is 2.69 bits per heavy atom. The van der Waals surface area contributed by atoms with Crippen LogP contribution in [0.1, 0.15) is 35.6 Å². The van der Waals surface area contributed by atoms with E-state index >= 15 is 0 Å². The highest BCUT2D eigenvalue weighted by atomic mass is 16.1. The van der Waals surface area contributed by atoms with Gasteiger partial charge in [-0.3, -0.25) is 9.48 Å². The minimum absolute atomic E-state index is 0.0311. The van der Waals surface area contributed by atoms with Crippen molar-refractivity contribution in [1.29, 1.82) is 0 Å². The van der Waals surface area contributed by atoms with Crippen molar-refractivity contribution < 1.29 is 0 Å². The Morgan fingerprint density at radius 1 is 1.12 bits per heavy atom. The quantitative estimate of drug-likeness (QED) is 0.787. The van der Waals surface area contributed by atoms with Crippen LogP contribution in [-0.2, 0) is 26.4 Å². The number of para-hydroxylation sites is 1. The summed E-state index contributed by atoms with van der Waals surface area (Å²) in [6.07, 6.45) is 4.41. The van der Waals surface area contributed by atoms with Crippen molar-refractivity contribution in [3.05, 3.63) is 69.5 Å². The van der Waals surface area contributed by atoms with Crippen molar-refractivity contribution in [3.8, 4) is 5.69 Å². The van der Waals surface area contributed by atoms with Crippen molar-refractivity contribution in [2.75, 3.05) is 5.32 Å². The standard InChI is InChI=1S/C20H23N5O/c1-14-22-18-11-7-6-10-17(18)20(23-14)21-13-16-12-19(26)25(24(16)2)15-8-4-3-5-9-15/h3-5,8-9,12H,6-7,10-11,13H2,1-2H3,(H,21,22,23). The van der Waals surface area contributed by atoms with Crippen LogP contribution in [-0.4, -0.2) is 19.3 Å². The van der Waals surface area contributed by atoms with Gasteiger partial charge < -0.3 is 5.32 Å². The molecule has 6 nitrogen and oxygen atoms in total. The first-order valence-electron chi connectivity index (χ1n) is 9.07. The molecule has 0 saturated carbocycles. The second-order valence-electron chi connectivity index (χ2n) is 6.75. The molecular weight excluding hydrogens is 326 g/mol. The molecule has 6 heteroatoms. The molecule has 1 aliphatic rings. The monoisotopic (exact) mass is 349 g/mol. The number of anilines is 1. The van der Waals surface area contributed by atoms with E-state index in [0.717, 1.165) is 35.9 Å². The average Bonchev–Trinajstić information content (AvgIpc) is 2.93. The largest absolute Gasteiger partial charge is 0.364 e. The van der Waals surface area contributed by atoms with E-state index in [2.05, 4.69) is 15.3 Å². The number of rotatable bonds is 4. The molecule has 1 aromatic carbocycles. The summed E-state index contributed by atoms with van der Waals surface area (Å²) < 4.78 is 3.57. The topological polar surface area (TPSA) is 64.7 Å². The Labute approximate surface area is 152 Å². The second kappa shape index (κ2) is 6.78. The predicted molar refractivity (Wildman–Crippen MR) is 102 cm³/mol. The summed E-state index contributed by atoms with van der Waals surface area (Å²) in [4.78, 5) is 21.6. The number of nitrogens with one attached hydrogen (secondary N) is 1. The van der Waals surface area contributed by atoms with Crippen molar-refractivity contribution in [2.45, 2.75) is 39.2 Å². The third kappa shape index (κ3) is 3.03. The van der Waals surface area contributed by atoms with Gasteiger partial charge in [0.2, 0.25) is 0 Å². The van der Waals surface area contributed by atoms with Crippen LogP contribution in [0, 0.1) is 6.92 Å². The van der Waals surface area contributed by atoms with E-state index in [1.54, 1.807) is 10.7 Å². The van der Waals surface area contributed by atoms with E-state index in [4.69, 9.17) is 0 Å². The summed E-state index contributed by atoms with van der Waals surface area (Å²) in [5, 5.41) is 3.44. The minimum Gasteiger partial charge on any atom is -0.364 e. The van der Waals surface area contributed by atoms with E-state index in [0.29, 0.717) is 6.54 Å². The molecule has 0 atom stereocenters. The first-order chi connectivity index (χ1) is 12.6. The van der Waals surface area contributed by atoms with E-state index in [-0.39, 0.29) is 5.56 Å². The Kier molecular flexibility index (Phi) is 4.32. The lowest BCUT2D eigenvalue weighted by Crippen LogP contribution is -2.20. The lowest BCUT2D eigenvalue weighted by molar-refractivity contribution is 0.618. The minimum atomic E-state index is -0.0311. The Bertz CT molecular complexity index is 987. The van der Waals surface area contributed by atoms with Gasteiger partial charge >= 0.3 is 0 Å². The fourth-order valence-electron chi connectivity index (χ4n) is 3.65. The van der Waals surface area contributed by atoms with Crippen LogP contribution in [0.15, 0.2) is 41.2 Å². The maximum Gasteiger partial charge on any atom is 0.271 e. The van der Waals surface area contributed by atoms with E-state index in [1.165, 1.54) is 24.1 Å². The average molecular weight is 349 g/mol. The molecule has 0 saturated heterocycles. The summed E-state index contributed by atoms with van der Waals surface area (Å²) in [5.41, 5.74) is 4.15. The predicted octanol–water partition coefficient (Wildman–Crippen LogP) is 2.77.